The molecule has 2 aromatic carbocycles. The van der Waals surface area contributed by atoms with Crippen molar-refractivity contribution in [2.75, 3.05) is 5.32 Å². The molecule has 0 bridgehead atoms. The summed E-state index contributed by atoms with van der Waals surface area (Å²) in [5, 5.41) is 3.28. The molecular formula is C27H24N4. The normalized spacial score (nSPS) is 14.2. The van der Waals surface area contributed by atoms with Crippen LogP contribution in [-0.4, -0.2) is 18.6 Å². The van der Waals surface area contributed by atoms with E-state index in [0.29, 0.717) is 0 Å². The van der Waals surface area contributed by atoms with Crippen molar-refractivity contribution in [1.82, 2.24) is 0 Å². The van der Waals surface area contributed by atoms with Crippen molar-refractivity contribution in [3.05, 3.63) is 133 Å². The lowest BCUT2D eigenvalue weighted by molar-refractivity contribution is 1.50. The van der Waals surface area contributed by atoms with E-state index in [0.717, 1.165) is 22.5 Å². The monoisotopic (exact) mass is 404 g/mol. The van der Waals surface area contributed by atoms with Crippen molar-refractivity contribution in [1.29, 1.82) is 0 Å². The zero-order valence-corrected chi connectivity index (χ0v) is 17.1. The molecule has 0 aromatic heterocycles. The molecule has 0 atom stereocenters. The maximum Gasteiger partial charge on any atom is 0.0717 e. The van der Waals surface area contributed by atoms with Gasteiger partial charge in [-0.15, -0.1) is 0 Å². The van der Waals surface area contributed by atoms with Crippen LogP contribution in [0.15, 0.2) is 137 Å². The van der Waals surface area contributed by atoms with E-state index < -0.39 is 0 Å². The summed E-state index contributed by atoms with van der Waals surface area (Å²) < 4.78 is 0. The van der Waals surface area contributed by atoms with Gasteiger partial charge in [-0.25, -0.2) is 0 Å². The first kappa shape index (κ1) is 21.4. The van der Waals surface area contributed by atoms with Gasteiger partial charge in [0.1, 0.15) is 0 Å². The third-order valence-corrected chi connectivity index (χ3v) is 4.08. The Morgan fingerprint density at radius 2 is 1.16 bits per heavy atom. The standard InChI is InChI=1S/C27H24N4/c1-2-12-20-30-26-16-8-6-14-24(26)22-28-18-10-4-5-11-19-29-23-25-15-7-9-17-27(25)31-21-13-3-1/h1-23,30H. The molecule has 0 spiro atoms. The van der Waals surface area contributed by atoms with E-state index >= 15 is 0 Å². The number of aliphatic imine (C=N–C) groups is 3. The van der Waals surface area contributed by atoms with Crippen LogP contribution in [0.5, 0.6) is 0 Å². The number of hydrogen-bond acceptors (Lipinski definition) is 4. The summed E-state index contributed by atoms with van der Waals surface area (Å²) in [6, 6.07) is 15.9. The summed E-state index contributed by atoms with van der Waals surface area (Å²) in [4.78, 5) is 13.2. The van der Waals surface area contributed by atoms with Gasteiger partial charge in [-0.1, -0.05) is 66.8 Å². The Labute approximate surface area is 183 Å². The molecule has 0 saturated carbocycles. The van der Waals surface area contributed by atoms with Crippen LogP contribution in [0.3, 0.4) is 0 Å². The van der Waals surface area contributed by atoms with Gasteiger partial charge in [0.05, 0.1) is 5.69 Å². The Balaban J connectivity index is 1.80. The first-order valence-electron chi connectivity index (χ1n) is 9.95. The van der Waals surface area contributed by atoms with E-state index in [-0.39, 0.29) is 0 Å². The van der Waals surface area contributed by atoms with E-state index in [2.05, 4.69) is 20.3 Å². The third-order valence-electron chi connectivity index (χ3n) is 4.08. The van der Waals surface area contributed by atoms with Gasteiger partial charge in [-0.05, 0) is 36.4 Å². The number of benzene rings is 2. The Morgan fingerprint density at radius 1 is 0.548 bits per heavy atom. The first-order valence-corrected chi connectivity index (χ1v) is 9.95. The molecule has 152 valence electrons. The summed E-state index contributed by atoms with van der Waals surface area (Å²) in [6.45, 7) is 0. The van der Waals surface area contributed by atoms with E-state index in [9.17, 15) is 0 Å². The highest BCUT2D eigenvalue weighted by molar-refractivity contribution is 5.89. The second kappa shape index (κ2) is 13.0. The average molecular weight is 405 g/mol. The number of anilines is 1. The van der Waals surface area contributed by atoms with E-state index in [4.69, 9.17) is 0 Å². The minimum Gasteiger partial charge on any atom is -0.361 e. The Morgan fingerprint density at radius 3 is 2.00 bits per heavy atom. The highest BCUT2D eigenvalue weighted by Gasteiger charge is 1.95. The second-order valence-corrected chi connectivity index (χ2v) is 6.32. The van der Waals surface area contributed by atoms with Crippen molar-refractivity contribution in [2.24, 2.45) is 15.0 Å². The Bertz CT molecular complexity index is 1110. The van der Waals surface area contributed by atoms with Crippen molar-refractivity contribution in [3.63, 3.8) is 0 Å². The highest BCUT2D eigenvalue weighted by atomic mass is 14.8. The van der Waals surface area contributed by atoms with Crippen LogP contribution in [0.1, 0.15) is 11.1 Å². The zero-order chi connectivity index (χ0) is 21.4. The molecule has 31 heavy (non-hydrogen) atoms. The van der Waals surface area contributed by atoms with E-state index in [1.54, 1.807) is 24.8 Å². The molecular weight excluding hydrogens is 380 g/mol. The molecule has 0 aliphatic carbocycles. The van der Waals surface area contributed by atoms with Gasteiger partial charge in [0.15, 0.2) is 0 Å². The van der Waals surface area contributed by atoms with Crippen molar-refractivity contribution < 1.29 is 0 Å². The average Bonchev–Trinajstić information content (AvgIpc) is 2.80. The molecule has 0 amide bonds. The molecule has 4 heteroatoms. The Kier molecular flexibility index (Phi) is 8.98. The molecule has 1 aliphatic heterocycles. The van der Waals surface area contributed by atoms with Crippen molar-refractivity contribution >= 4 is 30.0 Å². The number of para-hydroxylation sites is 2. The lowest BCUT2D eigenvalue weighted by atomic mass is 10.2. The van der Waals surface area contributed by atoms with Gasteiger partial charge >= 0.3 is 0 Å². The molecule has 0 unspecified atom stereocenters. The van der Waals surface area contributed by atoms with Crippen LogP contribution >= 0.6 is 0 Å². The summed E-state index contributed by atoms with van der Waals surface area (Å²) in [6.07, 6.45) is 28.0. The molecule has 0 saturated heterocycles. The van der Waals surface area contributed by atoms with Crippen molar-refractivity contribution in [3.8, 4) is 0 Å². The summed E-state index contributed by atoms with van der Waals surface area (Å²) in [7, 11) is 0. The minimum atomic E-state index is 0.866. The fourth-order valence-electron chi connectivity index (χ4n) is 2.59. The van der Waals surface area contributed by atoms with Crippen molar-refractivity contribution in [2.45, 2.75) is 0 Å². The quantitative estimate of drug-likeness (QED) is 0.531. The van der Waals surface area contributed by atoms with Gasteiger partial charge in [0.2, 0.25) is 0 Å². The van der Waals surface area contributed by atoms with E-state index in [1.807, 2.05) is 116 Å². The molecule has 0 fully saturated rings. The molecule has 1 N–H and O–H groups in total. The fraction of sp³-hybridized carbons (Fsp3) is 0. The number of nitrogens with one attached hydrogen (secondary N) is 1. The number of hydrogen-bond donors (Lipinski definition) is 1. The predicted molar refractivity (Wildman–Crippen MR) is 135 cm³/mol. The van der Waals surface area contributed by atoms with Crippen LogP contribution in [0.25, 0.3) is 0 Å². The maximum absolute atomic E-state index is 4.51. The molecule has 0 radical (unpaired) electrons. The van der Waals surface area contributed by atoms with Gasteiger partial charge < -0.3 is 5.32 Å². The van der Waals surface area contributed by atoms with Crippen LogP contribution in [0.2, 0.25) is 0 Å². The molecule has 1 aliphatic rings. The summed E-state index contributed by atoms with van der Waals surface area (Å²) >= 11 is 0. The topological polar surface area (TPSA) is 49.1 Å². The summed E-state index contributed by atoms with van der Waals surface area (Å²) in [5.74, 6) is 0. The molecule has 1 heterocycles. The predicted octanol–water partition coefficient (Wildman–Crippen LogP) is 6.56. The number of fused-ring (bicyclic) bond motifs is 2. The third kappa shape index (κ3) is 7.91. The molecule has 3 rings (SSSR count). The maximum atomic E-state index is 4.51. The Hall–Kier alpha value is -4.31. The minimum absolute atomic E-state index is 0.866. The fourth-order valence-corrected chi connectivity index (χ4v) is 2.59. The number of nitrogens with zero attached hydrogens (tertiary/aromatic N) is 3. The lowest BCUT2D eigenvalue weighted by Gasteiger charge is -2.03. The first-order chi connectivity index (χ1) is 15.4. The van der Waals surface area contributed by atoms with E-state index in [1.165, 1.54) is 0 Å². The highest BCUT2D eigenvalue weighted by Crippen LogP contribution is 2.16. The van der Waals surface area contributed by atoms with Gasteiger partial charge in [0.25, 0.3) is 0 Å². The zero-order valence-electron chi connectivity index (χ0n) is 17.1. The van der Waals surface area contributed by atoms with Crippen LogP contribution in [0, 0.1) is 0 Å². The second-order valence-electron chi connectivity index (χ2n) is 6.32. The van der Waals surface area contributed by atoms with Crippen LogP contribution < -0.4 is 5.32 Å². The van der Waals surface area contributed by atoms with Crippen LogP contribution in [-0.2, 0) is 0 Å². The van der Waals surface area contributed by atoms with Gasteiger partial charge in [-0.3, -0.25) is 15.0 Å². The number of allylic oxidation sites excluding steroid dienone is 9. The molecule has 2 aromatic rings. The summed E-state index contributed by atoms with van der Waals surface area (Å²) in [5.41, 5.74) is 3.82. The lowest BCUT2D eigenvalue weighted by Crippen LogP contribution is -1.92. The largest absolute Gasteiger partial charge is 0.361 e. The smallest absolute Gasteiger partial charge is 0.0717 e. The van der Waals surface area contributed by atoms with Gasteiger partial charge in [-0.2, -0.15) is 0 Å². The van der Waals surface area contributed by atoms with Crippen LogP contribution in [0.4, 0.5) is 11.4 Å². The van der Waals surface area contributed by atoms with Gasteiger partial charge in [0, 0.05) is 54.1 Å². The number of rotatable bonds is 0. The molecule has 4 nitrogen and oxygen atoms in total. The SMILES string of the molecule is C1=CC=CNc2ccccc2C=NC=CC=CC=CN=Cc2ccccc2N=CC=C1.